The zero-order valence-corrected chi connectivity index (χ0v) is 37.0. The van der Waals surface area contributed by atoms with Gasteiger partial charge in [0.05, 0.1) is 22.8 Å². The molecule has 4 heteroatoms. The molecule has 0 amide bonds. The lowest BCUT2D eigenvalue weighted by Gasteiger charge is -2.39. The molecule has 0 spiro atoms. The fraction of sp³-hybridized carbons (Fsp3) is 0.0968. The summed E-state index contributed by atoms with van der Waals surface area (Å²) in [6, 6.07) is 70.7. The molecule has 0 bridgehead atoms. The molecule has 2 aromatic heterocycles. The van der Waals surface area contributed by atoms with Crippen molar-refractivity contribution in [3.63, 3.8) is 0 Å². The Morgan fingerprint density at radius 3 is 1.12 bits per heavy atom. The first kappa shape index (κ1) is 41.9. The zero-order chi connectivity index (χ0) is 44.7. The maximum absolute atomic E-state index is 5.16. The molecule has 1 saturated carbocycles. The summed E-state index contributed by atoms with van der Waals surface area (Å²) in [4.78, 5) is 20.5. The molecule has 10 rings (SSSR count). The van der Waals surface area contributed by atoms with Crippen LogP contribution in [0, 0.1) is 0 Å². The summed E-state index contributed by atoms with van der Waals surface area (Å²) in [5.41, 5.74) is 16.8. The molecule has 1 aliphatic rings. The number of allylic oxidation sites excluding steroid dienone is 4. The van der Waals surface area contributed by atoms with Crippen molar-refractivity contribution in [2.24, 2.45) is 0 Å². The highest BCUT2D eigenvalue weighted by Gasteiger charge is 2.35. The first-order valence-corrected chi connectivity index (χ1v) is 22.9. The van der Waals surface area contributed by atoms with E-state index in [1.807, 2.05) is 54.6 Å². The molecular weight excluding hydrogens is 801 g/mol. The molecule has 9 aromatic rings. The van der Waals surface area contributed by atoms with Crippen LogP contribution in [0.1, 0.15) is 48.8 Å². The average Bonchev–Trinajstić information content (AvgIpc) is 3.41. The van der Waals surface area contributed by atoms with Gasteiger partial charge in [-0.05, 0) is 58.4 Å². The van der Waals surface area contributed by atoms with Crippen molar-refractivity contribution in [3.8, 4) is 78.9 Å². The lowest BCUT2D eigenvalue weighted by Crippen LogP contribution is -2.30. The minimum atomic E-state index is -0.0973. The Bertz CT molecular complexity index is 3130. The number of hydrogen-bond donors (Lipinski definition) is 0. The van der Waals surface area contributed by atoms with Crippen molar-refractivity contribution >= 4 is 5.57 Å². The van der Waals surface area contributed by atoms with E-state index in [9.17, 15) is 0 Å². The van der Waals surface area contributed by atoms with E-state index < -0.39 is 0 Å². The Hall–Kier alpha value is -8.08. The van der Waals surface area contributed by atoms with E-state index in [1.54, 1.807) is 6.08 Å². The summed E-state index contributed by atoms with van der Waals surface area (Å²) >= 11 is 0. The average molecular weight is 851 g/mol. The molecule has 7 aromatic carbocycles. The molecule has 2 heterocycles. The van der Waals surface area contributed by atoms with Gasteiger partial charge in [-0.2, -0.15) is 0 Å². The molecule has 0 aliphatic heterocycles. The molecule has 1 fully saturated rings. The predicted octanol–water partition coefficient (Wildman–Crippen LogP) is 15.9. The smallest absolute Gasteiger partial charge is 0.160 e. The largest absolute Gasteiger partial charge is 0.228 e. The molecule has 66 heavy (non-hydrogen) atoms. The van der Waals surface area contributed by atoms with Crippen molar-refractivity contribution in [2.45, 2.75) is 37.5 Å². The molecule has 0 atom stereocenters. The number of hydrogen-bond acceptors (Lipinski definition) is 4. The zero-order valence-electron chi connectivity index (χ0n) is 37.0. The van der Waals surface area contributed by atoms with E-state index in [1.165, 1.54) is 41.5 Å². The van der Waals surface area contributed by atoms with Crippen LogP contribution in [0.4, 0.5) is 0 Å². The van der Waals surface area contributed by atoms with Gasteiger partial charge in [0, 0.05) is 38.8 Å². The highest BCUT2D eigenvalue weighted by molar-refractivity contribution is 5.78. The maximum atomic E-state index is 5.16. The predicted molar refractivity (Wildman–Crippen MR) is 274 cm³/mol. The Kier molecular flexibility index (Phi) is 12.0. The summed E-state index contributed by atoms with van der Waals surface area (Å²) < 4.78 is 0. The van der Waals surface area contributed by atoms with Gasteiger partial charge in [-0.3, -0.25) is 0 Å². The Balaban J connectivity index is 0.979. The van der Waals surface area contributed by atoms with Gasteiger partial charge < -0.3 is 0 Å². The van der Waals surface area contributed by atoms with Crippen molar-refractivity contribution in [3.05, 3.63) is 248 Å². The summed E-state index contributed by atoms with van der Waals surface area (Å²) in [5.74, 6) is 1.41. The second-order valence-corrected chi connectivity index (χ2v) is 17.0. The lowest BCUT2D eigenvalue weighted by molar-refractivity contribution is 0.346. The molecule has 4 nitrogen and oxygen atoms in total. The van der Waals surface area contributed by atoms with Gasteiger partial charge in [0.1, 0.15) is 0 Å². The minimum Gasteiger partial charge on any atom is -0.228 e. The van der Waals surface area contributed by atoms with Gasteiger partial charge in [-0.25, -0.2) is 19.9 Å². The summed E-state index contributed by atoms with van der Waals surface area (Å²) in [7, 11) is 0. The Morgan fingerprint density at radius 1 is 0.379 bits per heavy atom. The van der Waals surface area contributed by atoms with Crippen LogP contribution in [0.2, 0.25) is 0 Å². The first-order valence-electron chi connectivity index (χ1n) is 22.9. The van der Waals surface area contributed by atoms with Gasteiger partial charge in [0.25, 0.3) is 0 Å². The molecule has 0 unspecified atom stereocenters. The van der Waals surface area contributed by atoms with Crippen LogP contribution in [-0.4, -0.2) is 19.9 Å². The maximum Gasteiger partial charge on any atom is 0.160 e. The van der Waals surface area contributed by atoms with Crippen LogP contribution >= 0.6 is 0 Å². The summed E-state index contributed by atoms with van der Waals surface area (Å²) in [5, 5.41) is 0. The summed E-state index contributed by atoms with van der Waals surface area (Å²) in [6.45, 7) is 7.85. The van der Waals surface area contributed by atoms with Gasteiger partial charge in [0.2, 0.25) is 0 Å². The number of aromatic nitrogens is 4. The highest BCUT2D eigenvalue weighted by Crippen LogP contribution is 2.46. The fourth-order valence-electron chi connectivity index (χ4n) is 9.44. The second-order valence-electron chi connectivity index (χ2n) is 17.0. The van der Waals surface area contributed by atoms with Crippen LogP contribution in [-0.2, 0) is 5.41 Å². The Morgan fingerprint density at radius 2 is 0.727 bits per heavy atom. The topological polar surface area (TPSA) is 51.6 Å². The lowest BCUT2D eigenvalue weighted by atomic mass is 9.65. The van der Waals surface area contributed by atoms with E-state index in [2.05, 4.69) is 171 Å². The van der Waals surface area contributed by atoms with E-state index in [4.69, 9.17) is 19.9 Å². The van der Waals surface area contributed by atoms with Crippen molar-refractivity contribution < 1.29 is 0 Å². The van der Waals surface area contributed by atoms with Gasteiger partial charge >= 0.3 is 0 Å². The van der Waals surface area contributed by atoms with Crippen LogP contribution in [0.15, 0.2) is 232 Å². The van der Waals surface area contributed by atoms with E-state index in [-0.39, 0.29) is 5.41 Å². The van der Waals surface area contributed by atoms with Crippen molar-refractivity contribution in [1.29, 1.82) is 0 Å². The molecule has 318 valence electrons. The summed E-state index contributed by atoms with van der Waals surface area (Å²) in [6.07, 6.45) is 11.4. The van der Waals surface area contributed by atoms with Gasteiger partial charge in [-0.1, -0.05) is 239 Å². The van der Waals surface area contributed by atoms with Crippen LogP contribution < -0.4 is 0 Å². The van der Waals surface area contributed by atoms with Crippen LogP contribution in [0.3, 0.4) is 0 Å². The standard InChI is InChI=1S/C62H50N4/c1-3-17-44(4-2)46-24-28-48(29-25-46)56-42-58(65-60(63-56)52-20-11-6-12-21-52)50-32-36-54(37-33-50)62(40-15-8-16-41-62)55-38-34-51(35-39-55)59-43-57(64-61(66-59)53-22-13-7-14-23-53)49-30-26-47(27-31-49)45-18-9-5-10-19-45/h3-7,9-14,17-39,42-43H,1-2,8,15-16,40-41H2/b44-17+. The molecule has 0 radical (unpaired) electrons. The highest BCUT2D eigenvalue weighted by atomic mass is 14.9. The third kappa shape index (κ3) is 8.74. The quantitative estimate of drug-likeness (QED) is 0.115. The number of benzene rings is 7. The molecule has 1 aliphatic carbocycles. The van der Waals surface area contributed by atoms with Crippen LogP contribution in [0.25, 0.3) is 84.5 Å². The SMILES string of the molecule is C=C/C=C(\C=C)c1ccc(-c2cc(-c3ccc(C4(c5ccc(-c6cc(-c7ccc(-c8ccccc8)cc7)nc(-c7ccccc7)n6)cc5)CCCCC4)cc3)nc(-c3ccccc3)n2)cc1. The number of rotatable bonds is 12. The normalized spacial score (nSPS) is 13.5. The monoisotopic (exact) mass is 850 g/mol. The molecule has 0 N–H and O–H groups in total. The minimum absolute atomic E-state index is 0.0973. The van der Waals surface area contributed by atoms with E-state index in [0.717, 1.165) is 80.1 Å². The van der Waals surface area contributed by atoms with E-state index in [0.29, 0.717) is 11.6 Å². The van der Waals surface area contributed by atoms with Gasteiger partial charge in [-0.15, -0.1) is 0 Å². The second kappa shape index (κ2) is 18.9. The molecular formula is C62H50N4. The molecule has 0 saturated heterocycles. The first-order chi connectivity index (χ1) is 32.6. The Labute approximate surface area is 388 Å². The fourth-order valence-corrected chi connectivity index (χ4v) is 9.44. The van der Waals surface area contributed by atoms with Crippen molar-refractivity contribution in [1.82, 2.24) is 19.9 Å². The third-order valence-corrected chi connectivity index (χ3v) is 13.0. The third-order valence-electron chi connectivity index (χ3n) is 13.0. The van der Waals surface area contributed by atoms with Gasteiger partial charge in [0.15, 0.2) is 11.6 Å². The van der Waals surface area contributed by atoms with E-state index >= 15 is 0 Å². The number of nitrogens with zero attached hydrogens (tertiary/aromatic N) is 4. The van der Waals surface area contributed by atoms with Crippen molar-refractivity contribution in [2.75, 3.05) is 0 Å². The van der Waals surface area contributed by atoms with Crippen LogP contribution in [0.5, 0.6) is 0 Å².